The highest BCUT2D eigenvalue weighted by molar-refractivity contribution is 7.89. The summed E-state index contributed by atoms with van der Waals surface area (Å²) in [7, 11) is -2.20. The molecule has 0 spiro atoms. The molecule has 2 rings (SSSR count). The van der Waals surface area contributed by atoms with E-state index in [0.717, 1.165) is 12.8 Å². The molecule has 0 saturated carbocycles. The van der Waals surface area contributed by atoms with Crippen LogP contribution in [0.15, 0.2) is 28.0 Å². The Morgan fingerprint density at radius 2 is 2.17 bits per heavy atom. The van der Waals surface area contributed by atoms with Gasteiger partial charge in [0.2, 0.25) is 10.0 Å². The quantitative estimate of drug-likeness (QED) is 0.785. The maximum Gasteiger partial charge on any atom is 0.270 e. The van der Waals surface area contributed by atoms with Crippen molar-refractivity contribution in [2.24, 2.45) is 12.8 Å². The van der Waals surface area contributed by atoms with Crippen molar-refractivity contribution in [3.05, 3.63) is 28.7 Å². The molecule has 2 heterocycles. The van der Waals surface area contributed by atoms with Crippen molar-refractivity contribution < 1.29 is 8.42 Å². The van der Waals surface area contributed by atoms with Gasteiger partial charge in [-0.1, -0.05) is 0 Å². The van der Waals surface area contributed by atoms with Crippen LogP contribution in [0.25, 0.3) is 0 Å². The Morgan fingerprint density at radius 1 is 1.44 bits per heavy atom. The first kappa shape index (κ1) is 13.3. The summed E-state index contributed by atoms with van der Waals surface area (Å²) in [5.41, 5.74) is 5.28. The Kier molecular flexibility index (Phi) is 3.56. The zero-order valence-electron chi connectivity index (χ0n) is 10.2. The smallest absolute Gasteiger partial charge is 0.270 e. The zero-order valence-corrected chi connectivity index (χ0v) is 11.1. The second kappa shape index (κ2) is 4.83. The van der Waals surface area contributed by atoms with Crippen LogP contribution in [-0.2, 0) is 17.1 Å². The number of pyridine rings is 1. The second-order valence-corrected chi connectivity index (χ2v) is 6.46. The number of aromatic nitrogens is 1. The Balaban J connectivity index is 2.42. The maximum absolute atomic E-state index is 12.4. The number of nitrogens with zero attached hydrogens (tertiary/aromatic N) is 2. The van der Waals surface area contributed by atoms with E-state index in [1.54, 1.807) is 6.07 Å². The van der Waals surface area contributed by atoms with Gasteiger partial charge in [0.05, 0.1) is 0 Å². The van der Waals surface area contributed by atoms with Gasteiger partial charge in [-0.2, -0.15) is 4.31 Å². The highest BCUT2D eigenvalue weighted by Gasteiger charge is 2.30. The molecule has 1 aromatic rings. The third-order valence-corrected chi connectivity index (χ3v) is 5.00. The number of rotatable bonds is 2. The average molecular weight is 271 g/mol. The molecule has 0 unspecified atom stereocenters. The summed E-state index contributed by atoms with van der Waals surface area (Å²) in [6.07, 6.45) is 3.08. The summed E-state index contributed by atoms with van der Waals surface area (Å²) in [6.45, 7) is 0.703. The van der Waals surface area contributed by atoms with Crippen LogP contribution in [0.1, 0.15) is 12.8 Å². The van der Waals surface area contributed by atoms with Gasteiger partial charge in [0, 0.05) is 32.4 Å². The topological polar surface area (TPSA) is 85.4 Å². The monoisotopic (exact) mass is 271 g/mol. The molecule has 6 nitrogen and oxygen atoms in total. The Morgan fingerprint density at radius 3 is 2.83 bits per heavy atom. The van der Waals surface area contributed by atoms with Gasteiger partial charge in [0.1, 0.15) is 4.90 Å². The van der Waals surface area contributed by atoms with Crippen LogP contribution in [0.4, 0.5) is 0 Å². The molecule has 0 bridgehead atoms. The predicted molar refractivity (Wildman–Crippen MR) is 67.7 cm³/mol. The van der Waals surface area contributed by atoms with Crippen LogP contribution < -0.4 is 11.3 Å². The molecule has 0 amide bonds. The van der Waals surface area contributed by atoms with E-state index in [4.69, 9.17) is 5.73 Å². The molecular weight excluding hydrogens is 254 g/mol. The Labute approximate surface area is 106 Å². The molecule has 1 fully saturated rings. The van der Waals surface area contributed by atoms with E-state index in [0.29, 0.717) is 6.54 Å². The lowest BCUT2D eigenvalue weighted by Gasteiger charge is -2.29. The first-order chi connectivity index (χ1) is 8.43. The standard InChI is InChI=1S/C11H17N3O3S/c1-13-6-3-5-10(11(13)15)18(16,17)14-7-2-4-9(12)8-14/h3,5-6,9H,2,4,7-8,12H2,1H3/t9-/m0/s1. The van der Waals surface area contributed by atoms with Crippen molar-refractivity contribution in [3.63, 3.8) is 0 Å². The van der Waals surface area contributed by atoms with E-state index in [-0.39, 0.29) is 17.5 Å². The van der Waals surface area contributed by atoms with Crippen LogP contribution in [0.3, 0.4) is 0 Å². The minimum atomic E-state index is -3.73. The number of nitrogens with two attached hydrogens (primary N) is 1. The minimum Gasteiger partial charge on any atom is -0.327 e. The lowest BCUT2D eigenvalue weighted by Crippen LogP contribution is -2.46. The first-order valence-corrected chi connectivity index (χ1v) is 7.28. The fraction of sp³-hybridized carbons (Fsp3) is 0.545. The zero-order chi connectivity index (χ0) is 13.3. The Bertz CT molecular complexity index is 594. The highest BCUT2D eigenvalue weighted by atomic mass is 32.2. The minimum absolute atomic E-state index is 0.152. The van der Waals surface area contributed by atoms with Gasteiger partial charge in [-0.25, -0.2) is 8.42 Å². The van der Waals surface area contributed by atoms with Gasteiger partial charge in [-0.3, -0.25) is 4.79 Å². The number of hydrogen-bond acceptors (Lipinski definition) is 4. The van der Waals surface area contributed by atoms with Crippen molar-refractivity contribution in [2.75, 3.05) is 13.1 Å². The highest BCUT2D eigenvalue weighted by Crippen LogP contribution is 2.17. The van der Waals surface area contributed by atoms with E-state index in [1.165, 1.54) is 28.2 Å². The van der Waals surface area contributed by atoms with Gasteiger partial charge in [0.15, 0.2) is 0 Å². The fourth-order valence-corrected chi connectivity index (χ4v) is 3.75. The third kappa shape index (κ3) is 2.33. The molecule has 7 heteroatoms. The SMILES string of the molecule is Cn1cccc(S(=O)(=O)N2CCC[C@H](N)C2)c1=O. The van der Waals surface area contributed by atoms with Crippen LogP contribution in [0.5, 0.6) is 0 Å². The largest absolute Gasteiger partial charge is 0.327 e. The van der Waals surface area contributed by atoms with Crippen molar-refractivity contribution in [1.82, 2.24) is 8.87 Å². The molecule has 0 radical (unpaired) electrons. The normalized spacial score (nSPS) is 22.0. The maximum atomic E-state index is 12.4. The number of sulfonamides is 1. The van der Waals surface area contributed by atoms with Crippen molar-refractivity contribution in [3.8, 4) is 0 Å². The Hall–Kier alpha value is -1.18. The molecular formula is C11H17N3O3S. The fourth-order valence-electron chi connectivity index (χ4n) is 2.10. The van der Waals surface area contributed by atoms with Crippen LogP contribution in [0, 0.1) is 0 Å². The first-order valence-electron chi connectivity index (χ1n) is 5.84. The number of aryl methyl sites for hydroxylation is 1. The lowest BCUT2D eigenvalue weighted by atomic mass is 10.1. The molecule has 100 valence electrons. The van der Waals surface area contributed by atoms with Crippen molar-refractivity contribution in [1.29, 1.82) is 0 Å². The van der Waals surface area contributed by atoms with E-state index in [1.807, 2.05) is 0 Å². The molecule has 1 aliphatic heterocycles. The number of hydrogen-bond donors (Lipinski definition) is 1. The third-order valence-electron chi connectivity index (χ3n) is 3.13. The van der Waals surface area contributed by atoms with Gasteiger partial charge in [0.25, 0.3) is 5.56 Å². The molecule has 18 heavy (non-hydrogen) atoms. The van der Waals surface area contributed by atoms with Crippen LogP contribution >= 0.6 is 0 Å². The summed E-state index contributed by atoms with van der Waals surface area (Å²) in [4.78, 5) is 11.7. The summed E-state index contributed by atoms with van der Waals surface area (Å²) >= 11 is 0. The molecule has 1 aliphatic rings. The van der Waals surface area contributed by atoms with E-state index >= 15 is 0 Å². The summed E-state index contributed by atoms with van der Waals surface area (Å²) in [5, 5.41) is 0. The average Bonchev–Trinajstić information content (AvgIpc) is 2.32. The van der Waals surface area contributed by atoms with Gasteiger partial charge < -0.3 is 10.3 Å². The molecule has 1 aromatic heterocycles. The van der Waals surface area contributed by atoms with Crippen LogP contribution in [-0.4, -0.2) is 36.4 Å². The van der Waals surface area contributed by atoms with E-state index in [2.05, 4.69) is 0 Å². The van der Waals surface area contributed by atoms with Crippen molar-refractivity contribution >= 4 is 10.0 Å². The molecule has 1 saturated heterocycles. The summed E-state index contributed by atoms with van der Waals surface area (Å²) in [5.74, 6) is 0. The van der Waals surface area contributed by atoms with E-state index < -0.39 is 15.6 Å². The van der Waals surface area contributed by atoms with Gasteiger partial charge in [-0.15, -0.1) is 0 Å². The predicted octanol–water partition coefficient (Wildman–Crippen LogP) is -0.503. The summed E-state index contributed by atoms with van der Waals surface area (Å²) in [6, 6.07) is 2.75. The van der Waals surface area contributed by atoms with Gasteiger partial charge in [-0.05, 0) is 25.0 Å². The summed E-state index contributed by atoms with van der Waals surface area (Å²) < 4.78 is 27.3. The van der Waals surface area contributed by atoms with Crippen molar-refractivity contribution in [2.45, 2.75) is 23.8 Å². The van der Waals surface area contributed by atoms with Crippen LogP contribution in [0.2, 0.25) is 0 Å². The molecule has 1 atom stereocenters. The molecule has 0 aliphatic carbocycles. The van der Waals surface area contributed by atoms with E-state index in [9.17, 15) is 13.2 Å². The number of piperidine rings is 1. The lowest BCUT2D eigenvalue weighted by molar-refractivity contribution is 0.315. The second-order valence-electron chi connectivity index (χ2n) is 4.55. The molecule has 0 aromatic carbocycles. The molecule has 2 N–H and O–H groups in total. The van der Waals surface area contributed by atoms with Gasteiger partial charge >= 0.3 is 0 Å².